The Kier molecular flexibility index (Phi) is 7.22. The lowest BCUT2D eigenvalue weighted by molar-refractivity contribution is -0.143. The number of ether oxygens (including phenoxy) is 2. The molecule has 0 atom stereocenters. The summed E-state index contributed by atoms with van der Waals surface area (Å²) in [5.74, 6) is -1.00. The van der Waals surface area contributed by atoms with Crippen LogP contribution in [0.2, 0.25) is 0 Å². The maximum atomic E-state index is 14.5. The number of aromatic nitrogens is 2. The van der Waals surface area contributed by atoms with E-state index in [-0.39, 0.29) is 37.5 Å². The fraction of sp³-hybridized carbons (Fsp3) is 0.185. The maximum absolute atomic E-state index is 14.5. The summed E-state index contributed by atoms with van der Waals surface area (Å²) in [6.45, 7) is 2.19. The number of Topliss-reactive ketones (excluding diaryl/α,β-unsaturated/α-hetero) is 1. The Labute approximate surface area is 196 Å². The predicted octanol–water partition coefficient (Wildman–Crippen LogP) is 5.54. The van der Waals surface area contributed by atoms with E-state index in [1.165, 1.54) is 6.20 Å². The van der Waals surface area contributed by atoms with Crippen molar-refractivity contribution in [1.29, 1.82) is 0 Å². The lowest BCUT2D eigenvalue weighted by atomic mass is 10.0. The molecule has 0 saturated heterocycles. The van der Waals surface area contributed by atoms with Crippen LogP contribution in [0.4, 0.5) is 4.39 Å². The second-order valence-electron chi connectivity index (χ2n) is 7.57. The van der Waals surface area contributed by atoms with E-state index in [0.29, 0.717) is 27.8 Å². The summed E-state index contributed by atoms with van der Waals surface area (Å²) < 4.78 is 25.4. The molecule has 0 unspecified atom stereocenters. The smallest absolute Gasteiger partial charge is 0.306 e. The van der Waals surface area contributed by atoms with Crippen molar-refractivity contribution in [2.75, 3.05) is 6.61 Å². The molecule has 0 N–H and O–H groups in total. The predicted molar refractivity (Wildman–Crippen MR) is 126 cm³/mol. The van der Waals surface area contributed by atoms with Crippen molar-refractivity contribution in [2.45, 2.75) is 26.4 Å². The molecule has 2 heterocycles. The van der Waals surface area contributed by atoms with Crippen LogP contribution in [-0.4, -0.2) is 28.3 Å². The quantitative estimate of drug-likeness (QED) is 0.242. The summed E-state index contributed by atoms with van der Waals surface area (Å²) in [6, 6.07) is 18.2. The van der Waals surface area contributed by atoms with Crippen molar-refractivity contribution >= 4 is 22.7 Å². The summed E-state index contributed by atoms with van der Waals surface area (Å²) in [7, 11) is 0. The average Bonchev–Trinajstić information content (AvgIpc) is 2.86. The normalized spacial score (nSPS) is 10.8. The Morgan fingerprint density at radius 1 is 0.971 bits per heavy atom. The van der Waals surface area contributed by atoms with Gasteiger partial charge in [-0.05, 0) is 24.6 Å². The second kappa shape index (κ2) is 10.7. The number of hydrogen-bond donors (Lipinski definition) is 0. The summed E-state index contributed by atoms with van der Waals surface area (Å²) in [5.41, 5.74) is 2.34. The summed E-state index contributed by atoms with van der Waals surface area (Å²) in [4.78, 5) is 33.3. The van der Waals surface area contributed by atoms with Gasteiger partial charge in [0.05, 0.1) is 24.7 Å². The first-order valence-corrected chi connectivity index (χ1v) is 11.0. The number of rotatable bonds is 9. The van der Waals surface area contributed by atoms with Gasteiger partial charge < -0.3 is 9.47 Å². The summed E-state index contributed by atoms with van der Waals surface area (Å²) in [6.07, 6.45) is 2.49. The molecule has 0 saturated carbocycles. The van der Waals surface area contributed by atoms with E-state index in [4.69, 9.17) is 9.47 Å². The molecule has 0 bridgehead atoms. The number of benzene rings is 2. The zero-order valence-corrected chi connectivity index (χ0v) is 18.7. The summed E-state index contributed by atoms with van der Waals surface area (Å²) in [5, 5.41) is 0.693. The molecule has 0 aliphatic carbocycles. The number of carbonyl (C=O) groups excluding carboxylic acids is 2. The van der Waals surface area contributed by atoms with E-state index in [1.54, 1.807) is 31.2 Å². The van der Waals surface area contributed by atoms with Crippen molar-refractivity contribution in [3.63, 3.8) is 0 Å². The highest BCUT2D eigenvalue weighted by Gasteiger charge is 2.20. The fourth-order valence-corrected chi connectivity index (χ4v) is 3.60. The molecule has 2 aromatic carbocycles. The third kappa shape index (κ3) is 5.26. The molecule has 34 heavy (non-hydrogen) atoms. The van der Waals surface area contributed by atoms with Crippen LogP contribution in [-0.2, 0) is 16.1 Å². The van der Waals surface area contributed by atoms with E-state index in [0.717, 1.165) is 11.8 Å². The first-order valence-electron chi connectivity index (χ1n) is 11.0. The van der Waals surface area contributed by atoms with E-state index in [2.05, 4.69) is 9.97 Å². The van der Waals surface area contributed by atoms with Crippen LogP contribution >= 0.6 is 0 Å². The van der Waals surface area contributed by atoms with E-state index in [1.807, 2.05) is 36.4 Å². The van der Waals surface area contributed by atoms with Crippen LogP contribution < -0.4 is 4.74 Å². The van der Waals surface area contributed by atoms with Crippen LogP contribution in [0.3, 0.4) is 0 Å². The Morgan fingerprint density at radius 2 is 1.79 bits per heavy atom. The molecule has 0 spiro atoms. The molecule has 6 nitrogen and oxygen atoms in total. The van der Waals surface area contributed by atoms with Gasteiger partial charge in [0.15, 0.2) is 5.78 Å². The zero-order valence-electron chi connectivity index (χ0n) is 18.7. The van der Waals surface area contributed by atoms with Crippen LogP contribution in [0.5, 0.6) is 5.75 Å². The topological polar surface area (TPSA) is 78.4 Å². The molecule has 4 aromatic rings. The third-order valence-electron chi connectivity index (χ3n) is 5.24. The molecule has 7 heteroatoms. The van der Waals surface area contributed by atoms with Crippen LogP contribution in [0.1, 0.15) is 35.8 Å². The monoisotopic (exact) mass is 458 g/mol. The molecule has 2 aromatic heterocycles. The number of pyridine rings is 2. The highest BCUT2D eigenvalue weighted by Crippen LogP contribution is 2.33. The van der Waals surface area contributed by atoms with E-state index < -0.39 is 11.8 Å². The number of halogens is 1. The SMILES string of the molecule is CCOC(=O)CCC(=O)c1nc2c(-c3ccncc3F)cccc2cc1OCc1ccccc1. The van der Waals surface area contributed by atoms with Gasteiger partial charge in [-0.3, -0.25) is 14.6 Å². The van der Waals surface area contributed by atoms with Gasteiger partial charge in [-0.2, -0.15) is 0 Å². The maximum Gasteiger partial charge on any atom is 0.306 e. The third-order valence-corrected chi connectivity index (χ3v) is 5.24. The molecule has 4 rings (SSSR count). The van der Waals surface area contributed by atoms with Crippen molar-refractivity contribution in [2.24, 2.45) is 0 Å². The second-order valence-corrected chi connectivity index (χ2v) is 7.57. The van der Waals surface area contributed by atoms with Gasteiger partial charge in [0.1, 0.15) is 23.9 Å². The zero-order chi connectivity index (χ0) is 23.9. The minimum absolute atomic E-state index is 0.0643. The lowest BCUT2D eigenvalue weighted by Gasteiger charge is -2.14. The van der Waals surface area contributed by atoms with Crippen molar-refractivity contribution < 1.29 is 23.5 Å². The Morgan fingerprint density at radius 3 is 2.56 bits per heavy atom. The van der Waals surface area contributed by atoms with E-state index >= 15 is 0 Å². The molecule has 0 radical (unpaired) electrons. The first kappa shape index (κ1) is 23.0. The van der Waals surface area contributed by atoms with Crippen LogP contribution in [0.25, 0.3) is 22.0 Å². The molecule has 0 amide bonds. The Bertz CT molecular complexity index is 1330. The lowest BCUT2D eigenvalue weighted by Crippen LogP contribution is -2.11. The van der Waals surface area contributed by atoms with Gasteiger partial charge in [0, 0.05) is 29.1 Å². The molecule has 172 valence electrons. The Balaban J connectivity index is 1.75. The van der Waals surface area contributed by atoms with Gasteiger partial charge in [-0.15, -0.1) is 0 Å². The van der Waals surface area contributed by atoms with Crippen LogP contribution in [0, 0.1) is 5.82 Å². The highest BCUT2D eigenvalue weighted by molar-refractivity contribution is 6.03. The number of ketones is 1. The van der Waals surface area contributed by atoms with Crippen LogP contribution in [0.15, 0.2) is 73.1 Å². The highest BCUT2D eigenvalue weighted by atomic mass is 19.1. The standard InChI is InChI=1S/C27H23FN2O4/c1-2-33-25(32)12-11-23(31)27-24(34-17-18-7-4-3-5-8-18)15-19-9-6-10-21(26(19)30-27)20-13-14-29-16-22(20)28/h3-10,13-16H,2,11-12,17H2,1H3. The summed E-state index contributed by atoms with van der Waals surface area (Å²) >= 11 is 0. The molecule has 0 aliphatic rings. The van der Waals surface area contributed by atoms with E-state index in [9.17, 15) is 14.0 Å². The fourth-order valence-electron chi connectivity index (χ4n) is 3.60. The number of nitrogens with zero attached hydrogens (tertiary/aromatic N) is 2. The van der Waals surface area contributed by atoms with Crippen molar-refractivity contribution in [1.82, 2.24) is 9.97 Å². The van der Waals surface area contributed by atoms with Gasteiger partial charge >= 0.3 is 5.97 Å². The van der Waals surface area contributed by atoms with Gasteiger partial charge in [0.25, 0.3) is 0 Å². The van der Waals surface area contributed by atoms with Crippen molar-refractivity contribution in [3.8, 4) is 16.9 Å². The largest absolute Gasteiger partial charge is 0.486 e. The van der Waals surface area contributed by atoms with Crippen molar-refractivity contribution in [3.05, 3.63) is 90.1 Å². The number of esters is 1. The number of carbonyl (C=O) groups is 2. The minimum Gasteiger partial charge on any atom is -0.486 e. The molecular weight excluding hydrogens is 435 g/mol. The van der Waals surface area contributed by atoms with Gasteiger partial charge in [-0.1, -0.05) is 48.5 Å². The number of para-hydroxylation sites is 1. The number of fused-ring (bicyclic) bond motifs is 1. The molecule has 0 aliphatic heterocycles. The molecule has 0 fully saturated rings. The average molecular weight is 458 g/mol. The minimum atomic E-state index is -0.489. The molecular formula is C27H23FN2O4. The first-order chi connectivity index (χ1) is 16.6. The van der Waals surface area contributed by atoms with Gasteiger partial charge in [-0.25, -0.2) is 9.37 Å². The number of hydrogen-bond acceptors (Lipinski definition) is 6. The van der Waals surface area contributed by atoms with Gasteiger partial charge in [0.2, 0.25) is 0 Å². The Hall–Kier alpha value is -4.13.